The molecule has 2 atom stereocenters. The van der Waals surface area contributed by atoms with Crippen molar-refractivity contribution in [1.29, 1.82) is 0 Å². The lowest BCUT2D eigenvalue weighted by molar-refractivity contribution is -0.123. The molecule has 0 aliphatic heterocycles. The zero-order valence-electron chi connectivity index (χ0n) is 21.6. The molecule has 0 aliphatic carbocycles. The summed E-state index contributed by atoms with van der Waals surface area (Å²) in [5, 5.41) is 5.64. The Labute approximate surface area is 213 Å². The molecule has 2 rings (SSSR count). The highest BCUT2D eigenvalue weighted by Crippen LogP contribution is 2.50. The van der Waals surface area contributed by atoms with Crippen molar-refractivity contribution in [2.75, 3.05) is 13.2 Å². The van der Waals surface area contributed by atoms with Crippen molar-refractivity contribution in [3.8, 4) is 0 Å². The molecule has 2 N–H and O–H groups in total. The Balaban J connectivity index is 2.32. The first-order chi connectivity index (χ1) is 17.0. The summed E-state index contributed by atoms with van der Waals surface area (Å²) in [6.45, 7) is 9.14. The smallest absolute Gasteiger partial charge is 0.408 e. The fraction of sp³-hybridized carbons (Fsp3) is 0.407. The fourth-order valence-electron chi connectivity index (χ4n) is 3.34. The molecule has 36 heavy (non-hydrogen) atoms. The van der Waals surface area contributed by atoms with Crippen LogP contribution in [0.2, 0.25) is 0 Å². The maximum Gasteiger partial charge on any atom is 0.408 e. The van der Waals surface area contributed by atoms with Crippen molar-refractivity contribution in [2.45, 2.75) is 58.7 Å². The molecular weight excluding hydrogens is 479 g/mol. The number of alkyl carbamates (subject to hydrolysis) is 1. The predicted molar refractivity (Wildman–Crippen MR) is 141 cm³/mol. The highest BCUT2D eigenvalue weighted by molar-refractivity contribution is 7.57. The van der Waals surface area contributed by atoms with E-state index in [2.05, 4.69) is 10.6 Å². The number of benzene rings is 2. The van der Waals surface area contributed by atoms with Crippen LogP contribution in [0.15, 0.2) is 72.6 Å². The van der Waals surface area contributed by atoms with Crippen LogP contribution in [0.4, 0.5) is 4.79 Å². The monoisotopic (exact) mass is 516 g/mol. The van der Waals surface area contributed by atoms with Crippen molar-refractivity contribution in [3.05, 3.63) is 83.7 Å². The Kier molecular flexibility index (Phi) is 11.4. The maximum absolute atomic E-state index is 13.5. The number of nitrogens with one attached hydrogen (secondary N) is 2. The lowest BCUT2D eigenvalue weighted by Gasteiger charge is -2.25. The van der Waals surface area contributed by atoms with Crippen molar-refractivity contribution < 1.29 is 27.9 Å². The van der Waals surface area contributed by atoms with Gasteiger partial charge in [0, 0.05) is 12.2 Å². The Hall–Kier alpha value is -2.93. The summed E-state index contributed by atoms with van der Waals surface area (Å²) in [4.78, 5) is 26.0. The first-order valence-electron chi connectivity index (χ1n) is 12.0. The van der Waals surface area contributed by atoms with Gasteiger partial charge < -0.3 is 24.4 Å². The minimum Gasteiger partial charge on any atom is -0.444 e. The molecule has 0 saturated carbocycles. The van der Waals surface area contributed by atoms with Gasteiger partial charge in [0.05, 0.1) is 19.3 Å². The van der Waals surface area contributed by atoms with Crippen LogP contribution >= 0.6 is 7.60 Å². The van der Waals surface area contributed by atoms with E-state index in [-0.39, 0.29) is 19.6 Å². The van der Waals surface area contributed by atoms with Crippen LogP contribution in [0, 0.1) is 0 Å². The molecule has 2 amide bonds. The van der Waals surface area contributed by atoms with Gasteiger partial charge in [0.15, 0.2) is 0 Å². The van der Waals surface area contributed by atoms with E-state index in [1.807, 2.05) is 60.7 Å². The quantitative estimate of drug-likeness (QED) is 0.348. The lowest BCUT2D eigenvalue weighted by atomic mass is 10.0. The summed E-state index contributed by atoms with van der Waals surface area (Å²) in [6, 6.07) is 17.0. The summed E-state index contributed by atoms with van der Waals surface area (Å²) in [5.41, 5.74) is 0.919. The van der Waals surface area contributed by atoms with Crippen molar-refractivity contribution in [1.82, 2.24) is 10.6 Å². The molecular formula is C27H37N2O6P. The van der Waals surface area contributed by atoms with Crippen LogP contribution < -0.4 is 10.6 Å². The summed E-state index contributed by atoms with van der Waals surface area (Å²) in [5.74, 6) is 0.941. The second-order valence-electron chi connectivity index (χ2n) is 9.00. The first kappa shape index (κ1) is 29.3. The van der Waals surface area contributed by atoms with Crippen LogP contribution in [0.3, 0.4) is 0 Å². The van der Waals surface area contributed by atoms with Crippen LogP contribution in [0.25, 0.3) is 0 Å². The molecule has 0 aromatic heterocycles. The molecule has 0 aliphatic rings. The van der Waals surface area contributed by atoms with E-state index >= 15 is 0 Å². The standard InChI is InChI=1S/C27H37N2O6P/c1-6-33-36(32,34-7-2)19-18-23(22-16-12-9-13-17-22)28-25(30)24(20-21-14-10-8-11-15-21)29-26(31)35-27(3,4)5/h8-19,23-24H,6-7,20H2,1-5H3,(H,28,30)(H,29,31)/b19-18+/t23?,24-/m0/s1. The average Bonchev–Trinajstić information content (AvgIpc) is 2.81. The molecule has 0 spiro atoms. The molecule has 196 valence electrons. The lowest BCUT2D eigenvalue weighted by Crippen LogP contribution is -2.49. The van der Waals surface area contributed by atoms with Gasteiger partial charge >= 0.3 is 13.7 Å². The number of carbonyl (C=O) groups excluding carboxylic acids is 2. The van der Waals surface area contributed by atoms with Gasteiger partial charge in [-0.15, -0.1) is 0 Å². The molecule has 2 aromatic rings. The molecule has 0 saturated heterocycles. The van der Waals surface area contributed by atoms with Gasteiger partial charge in [-0.05, 0) is 51.8 Å². The third-order valence-corrected chi connectivity index (χ3v) is 6.60. The highest BCUT2D eigenvalue weighted by atomic mass is 31.2. The number of amides is 2. The number of ether oxygens (including phenoxy) is 1. The molecule has 8 nitrogen and oxygen atoms in total. The average molecular weight is 517 g/mol. The van der Waals surface area contributed by atoms with E-state index in [0.717, 1.165) is 11.1 Å². The number of carbonyl (C=O) groups is 2. The Morgan fingerprint density at radius 3 is 2.00 bits per heavy atom. The highest BCUT2D eigenvalue weighted by Gasteiger charge is 2.27. The maximum atomic E-state index is 13.5. The molecule has 0 bridgehead atoms. The minimum atomic E-state index is -3.48. The Bertz CT molecular complexity index is 1030. The van der Waals surface area contributed by atoms with Crippen LogP contribution in [0.1, 0.15) is 51.8 Å². The third kappa shape index (κ3) is 10.4. The van der Waals surface area contributed by atoms with Crippen molar-refractivity contribution >= 4 is 19.6 Å². The second-order valence-corrected chi connectivity index (χ2v) is 10.9. The van der Waals surface area contributed by atoms with Crippen LogP contribution in [-0.2, 0) is 29.6 Å². The predicted octanol–water partition coefficient (Wildman–Crippen LogP) is 5.76. The van der Waals surface area contributed by atoms with E-state index in [9.17, 15) is 14.2 Å². The van der Waals surface area contributed by atoms with Gasteiger partial charge in [0.1, 0.15) is 11.6 Å². The van der Waals surface area contributed by atoms with Crippen molar-refractivity contribution in [2.24, 2.45) is 0 Å². The van der Waals surface area contributed by atoms with E-state index < -0.39 is 37.3 Å². The molecule has 0 heterocycles. The molecule has 2 aromatic carbocycles. The van der Waals surface area contributed by atoms with E-state index in [1.54, 1.807) is 40.7 Å². The molecule has 1 unspecified atom stereocenters. The van der Waals surface area contributed by atoms with Gasteiger partial charge in [-0.25, -0.2) is 4.79 Å². The number of hydrogen-bond donors (Lipinski definition) is 2. The van der Waals surface area contributed by atoms with Gasteiger partial charge in [0.25, 0.3) is 0 Å². The minimum absolute atomic E-state index is 0.211. The summed E-state index contributed by atoms with van der Waals surface area (Å²) >= 11 is 0. The Morgan fingerprint density at radius 1 is 0.917 bits per heavy atom. The van der Waals surface area contributed by atoms with Crippen LogP contribution in [-0.4, -0.2) is 36.9 Å². The number of hydrogen-bond acceptors (Lipinski definition) is 6. The van der Waals surface area contributed by atoms with Gasteiger partial charge in [0.2, 0.25) is 5.91 Å². The molecule has 9 heteroatoms. The third-order valence-electron chi connectivity index (χ3n) is 4.83. The SMILES string of the molecule is CCOP(=O)(/C=C/C(NC(=O)[C@H](Cc1ccccc1)NC(=O)OC(C)(C)C)c1ccccc1)OCC. The summed E-state index contributed by atoms with van der Waals surface area (Å²) in [6.07, 6.45) is 1.16. The Morgan fingerprint density at radius 2 is 1.47 bits per heavy atom. The van der Waals surface area contributed by atoms with Gasteiger partial charge in [-0.2, -0.15) is 0 Å². The van der Waals surface area contributed by atoms with Gasteiger partial charge in [-0.3, -0.25) is 9.36 Å². The summed E-state index contributed by atoms with van der Waals surface area (Å²) in [7, 11) is -3.48. The normalized spacial score (nSPS) is 13.7. The zero-order valence-corrected chi connectivity index (χ0v) is 22.5. The van der Waals surface area contributed by atoms with Crippen molar-refractivity contribution in [3.63, 3.8) is 0 Å². The largest absolute Gasteiger partial charge is 0.444 e. The van der Waals surface area contributed by atoms with E-state index in [4.69, 9.17) is 13.8 Å². The van der Waals surface area contributed by atoms with E-state index in [0.29, 0.717) is 0 Å². The van der Waals surface area contributed by atoms with Crippen LogP contribution in [0.5, 0.6) is 0 Å². The fourth-order valence-corrected chi connectivity index (χ4v) is 4.69. The molecule has 0 radical (unpaired) electrons. The summed E-state index contributed by atoms with van der Waals surface area (Å²) < 4.78 is 29.0. The second kappa shape index (κ2) is 14.0. The molecule has 0 fully saturated rings. The topological polar surface area (TPSA) is 103 Å². The van der Waals surface area contributed by atoms with E-state index in [1.165, 1.54) is 5.82 Å². The zero-order chi connectivity index (χ0) is 26.6. The number of rotatable bonds is 12. The first-order valence-corrected chi connectivity index (χ1v) is 13.6. The van der Waals surface area contributed by atoms with Gasteiger partial charge in [-0.1, -0.05) is 60.7 Å².